The third-order valence-corrected chi connectivity index (χ3v) is 4.02. The van der Waals surface area contributed by atoms with Gasteiger partial charge in [0.15, 0.2) is 5.65 Å². The van der Waals surface area contributed by atoms with Crippen molar-refractivity contribution in [1.82, 2.24) is 19.5 Å². The van der Waals surface area contributed by atoms with Crippen molar-refractivity contribution in [2.75, 3.05) is 13.6 Å². The largest absolute Gasteiger partial charge is 0.303 e. The van der Waals surface area contributed by atoms with E-state index in [1.165, 1.54) is 25.8 Å². The Labute approximate surface area is 112 Å². The van der Waals surface area contributed by atoms with Gasteiger partial charge in [0.1, 0.15) is 5.82 Å². The van der Waals surface area contributed by atoms with Crippen molar-refractivity contribution in [2.24, 2.45) is 0 Å². The molecule has 1 aliphatic rings. The molecule has 2 aromatic heterocycles. The van der Waals surface area contributed by atoms with E-state index in [9.17, 15) is 0 Å². The first-order valence-corrected chi connectivity index (χ1v) is 6.81. The maximum absolute atomic E-state index is 5.95. The standard InChI is InChI=1S/C13H17ClN4/c1-17-6-3-2-4-11(17)9-13-16-15-12-8-10(14)5-7-18(12)13/h5,7-8,11H,2-4,6,9H2,1H3. The molecule has 0 saturated carbocycles. The highest BCUT2D eigenvalue weighted by atomic mass is 35.5. The highest BCUT2D eigenvalue weighted by Gasteiger charge is 2.21. The van der Waals surface area contributed by atoms with Gasteiger partial charge in [-0.3, -0.25) is 4.40 Å². The average molecular weight is 265 g/mol. The van der Waals surface area contributed by atoms with Gasteiger partial charge in [-0.15, -0.1) is 10.2 Å². The Balaban J connectivity index is 1.86. The third kappa shape index (κ3) is 2.22. The summed E-state index contributed by atoms with van der Waals surface area (Å²) in [6.07, 6.45) is 6.79. The summed E-state index contributed by atoms with van der Waals surface area (Å²) >= 11 is 5.95. The Morgan fingerprint density at radius 2 is 2.28 bits per heavy atom. The summed E-state index contributed by atoms with van der Waals surface area (Å²) in [6, 6.07) is 4.32. The second-order valence-corrected chi connectivity index (χ2v) is 5.46. The molecule has 1 aliphatic heterocycles. The van der Waals surface area contributed by atoms with Crippen LogP contribution in [0.4, 0.5) is 0 Å². The van der Waals surface area contributed by atoms with Crippen LogP contribution >= 0.6 is 11.6 Å². The van der Waals surface area contributed by atoms with E-state index in [4.69, 9.17) is 11.6 Å². The lowest BCUT2D eigenvalue weighted by Gasteiger charge is -2.31. The van der Waals surface area contributed by atoms with Crippen molar-refractivity contribution in [2.45, 2.75) is 31.7 Å². The molecular formula is C13H17ClN4. The van der Waals surface area contributed by atoms with Crippen LogP contribution in [-0.2, 0) is 6.42 Å². The monoisotopic (exact) mass is 264 g/mol. The smallest absolute Gasteiger partial charge is 0.162 e. The second-order valence-electron chi connectivity index (χ2n) is 5.02. The molecule has 18 heavy (non-hydrogen) atoms. The molecule has 0 spiro atoms. The van der Waals surface area contributed by atoms with Gasteiger partial charge in [0.05, 0.1) is 0 Å². The minimum atomic E-state index is 0.585. The van der Waals surface area contributed by atoms with Crippen molar-refractivity contribution < 1.29 is 0 Å². The number of fused-ring (bicyclic) bond motifs is 1. The van der Waals surface area contributed by atoms with Gasteiger partial charge in [-0.1, -0.05) is 18.0 Å². The van der Waals surface area contributed by atoms with Crippen molar-refractivity contribution in [3.8, 4) is 0 Å². The summed E-state index contributed by atoms with van der Waals surface area (Å²) in [5, 5.41) is 9.18. The molecule has 0 amide bonds. The van der Waals surface area contributed by atoms with Crippen LogP contribution in [0, 0.1) is 0 Å². The number of rotatable bonds is 2. The molecule has 0 aromatic carbocycles. The minimum Gasteiger partial charge on any atom is -0.303 e. The van der Waals surface area contributed by atoms with Gasteiger partial charge in [0, 0.05) is 29.7 Å². The predicted molar refractivity (Wildman–Crippen MR) is 72.0 cm³/mol. The second kappa shape index (κ2) is 4.86. The van der Waals surface area contributed by atoms with Crippen LogP contribution in [0.1, 0.15) is 25.1 Å². The normalized spacial score (nSPS) is 21.6. The SMILES string of the molecule is CN1CCCCC1Cc1nnc2cc(Cl)ccn12. The van der Waals surface area contributed by atoms with Crippen molar-refractivity contribution in [3.63, 3.8) is 0 Å². The van der Waals surface area contributed by atoms with Gasteiger partial charge in [0.25, 0.3) is 0 Å². The summed E-state index contributed by atoms with van der Waals surface area (Å²) in [4.78, 5) is 2.43. The van der Waals surface area contributed by atoms with E-state index in [0.29, 0.717) is 11.1 Å². The molecule has 1 unspecified atom stereocenters. The maximum Gasteiger partial charge on any atom is 0.162 e. The Bertz CT molecular complexity index is 551. The molecule has 1 fully saturated rings. The van der Waals surface area contributed by atoms with E-state index in [1.807, 2.05) is 22.7 Å². The quantitative estimate of drug-likeness (QED) is 0.835. The number of likely N-dealkylation sites (N-methyl/N-ethyl adjacent to an activating group) is 1. The Hall–Kier alpha value is -1.13. The highest BCUT2D eigenvalue weighted by Crippen LogP contribution is 2.19. The van der Waals surface area contributed by atoms with Crippen LogP contribution in [0.3, 0.4) is 0 Å². The molecule has 0 N–H and O–H groups in total. The molecule has 3 rings (SSSR count). The maximum atomic E-state index is 5.95. The van der Waals surface area contributed by atoms with Crippen molar-refractivity contribution in [3.05, 3.63) is 29.2 Å². The number of piperidine rings is 1. The average Bonchev–Trinajstić information content (AvgIpc) is 2.74. The lowest BCUT2D eigenvalue weighted by molar-refractivity contribution is 0.182. The molecule has 1 atom stereocenters. The number of hydrogen-bond acceptors (Lipinski definition) is 3. The fourth-order valence-electron chi connectivity index (χ4n) is 2.67. The molecule has 3 heterocycles. The Morgan fingerprint density at radius 3 is 3.11 bits per heavy atom. The molecular weight excluding hydrogens is 248 g/mol. The van der Waals surface area contributed by atoms with E-state index in [2.05, 4.69) is 22.1 Å². The van der Waals surface area contributed by atoms with Gasteiger partial charge in [-0.25, -0.2) is 0 Å². The highest BCUT2D eigenvalue weighted by molar-refractivity contribution is 6.30. The van der Waals surface area contributed by atoms with Crippen LogP contribution in [0.2, 0.25) is 5.02 Å². The van der Waals surface area contributed by atoms with Gasteiger partial charge < -0.3 is 4.90 Å². The zero-order chi connectivity index (χ0) is 12.5. The van der Waals surface area contributed by atoms with Gasteiger partial charge in [-0.05, 0) is 32.5 Å². The molecule has 96 valence electrons. The van der Waals surface area contributed by atoms with Crippen LogP contribution in [0.5, 0.6) is 0 Å². The van der Waals surface area contributed by atoms with Crippen molar-refractivity contribution >= 4 is 17.2 Å². The first-order chi connectivity index (χ1) is 8.74. The summed E-state index contributed by atoms with van der Waals surface area (Å²) in [6.45, 7) is 1.19. The van der Waals surface area contributed by atoms with Gasteiger partial charge in [-0.2, -0.15) is 0 Å². The van der Waals surface area contributed by atoms with E-state index in [0.717, 1.165) is 17.9 Å². The van der Waals surface area contributed by atoms with Crippen LogP contribution < -0.4 is 0 Å². The summed E-state index contributed by atoms with van der Waals surface area (Å²) in [5.41, 5.74) is 0.830. The minimum absolute atomic E-state index is 0.585. The summed E-state index contributed by atoms with van der Waals surface area (Å²) in [5.74, 6) is 1.03. The van der Waals surface area contributed by atoms with Crippen molar-refractivity contribution in [1.29, 1.82) is 0 Å². The van der Waals surface area contributed by atoms with Gasteiger partial charge >= 0.3 is 0 Å². The number of halogens is 1. The Morgan fingerprint density at radius 1 is 1.39 bits per heavy atom. The molecule has 2 aromatic rings. The fraction of sp³-hybridized carbons (Fsp3) is 0.538. The fourth-order valence-corrected chi connectivity index (χ4v) is 2.82. The molecule has 0 aliphatic carbocycles. The lowest BCUT2D eigenvalue weighted by atomic mass is 10.00. The summed E-state index contributed by atoms with van der Waals surface area (Å²) < 4.78 is 2.04. The topological polar surface area (TPSA) is 33.4 Å². The van der Waals surface area contributed by atoms with Crippen LogP contribution in [-0.4, -0.2) is 39.1 Å². The first-order valence-electron chi connectivity index (χ1n) is 6.43. The first kappa shape index (κ1) is 11.9. The number of likely N-dealkylation sites (tertiary alicyclic amines) is 1. The molecule has 1 saturated heterocycles. The van der Waals surface area contributed by atoms with E-state index < -0.39 is 0 Å². The number of aromatic nitrogens is 3. The van der Waals surface area contributed by atoms with E-state index in [1.54, 1.807) is 0 Å². The molecule has 0 bridgehead atoms. The Kier molecular flexibility index (Phi) is 3.22. The zero-order valence-electron chi connectivity index (χ0n) is 10.5. The lowest BCUT2D eigenvalue weighted by Crippen LogP contribution is -2.38. The molecule has 5 heteroatoms. The van der Waals surface area contributed by atoms with Gasteiger partial charge in [0.2, 0.25) is 0 Å². The predicted octanol–water partition coefficient (Wildman–Crippen LogP) is 2.41. The number of nitrogens with zero attached hydrogens (tertiary/aromatic N) is 4. The van der Waals surface area contributed by atoms with Crippen LogP contribution in [0.25, 0.3) is 5.65 Å². The molecule has 4 nitrogen and oxygen atoms in total. The zero-order valence-corrected chi connectivity index (χ0v) is 11.3. The molecule has 0 radical (unpaired) electrons. The van der Waals surface area contributed by atoms with E-state index >= 15 is 0 Å². The summed E-state index contributed by atoms with van der Waals surface area (Å²) in [7, 11) is 2.20. The van der Waals surface area contributed by atoms with E-state index in [-0.39, 0.29) is 0 Å². The third-order valence-electron chi connectivity index (χ3n) is 3.78. The number of hydrogen-bond donors (Lipinski definition) is 0. The van der Waals surface area contributed by atoms with Crippen LogP contribution in [0.15, 0.2) is 18.3 Å². The number of pyridine rings is 1.